The molecule has 0 unspecified atom stereocenters. The van der Waals surface area contributed by atoms with E-state index in [0.717, 1.165) is 16.9 Å². The number of carbonyl (C=O) groups excluding carboxylic acids is 2. The molecule has 2 aromatic heterocycles. The number of carbonyl (C=O) groups is 2. The number of amides is 1. The van der Waals surface area contributed by atoms with E-state index >= 15 is 0 Å². The number of hydrogen-bond acceptors (Lipinski definition) is 6. The predicted molar refractivity (Wildman–Crippen MR) is 109 cm³/mol. The van der Waals surface area contributed by atoms with Gasteiger partial charge in [-0.2, -0.15) is 0 Å². The maximum absolute atomic E-state index is 12.6. The summed E-state index contributed by atoms with van der Waals surface area (Å²) < 4.78 is 5.20. The van der Waals surface area contributed by atoms with Crippen LogP contribution in [0, 0.1) is 6.92 Å². The summed E-state index contributed by atoms with van der Waals surface area (Å²) in [5.41, 5.74) is 14.2. The minimum absolute atomic E-state index is 0.229. The molecule has 0 aliphatic carbocycles. The molecule has 0 radical (unpaired) electrons. The lowest BCUT2D eigenvalue weighted by Crippen LogP contribution is -2.12. The van der Waals surface area contributed by atoms with Crippen LogP contribution in [0.15, 0.2) is 30.3 Å². The third-order valence-electron chi connectivity index (χ3n) is 4.04. The second kappa shape index (κ2) is 7.59. The molecular formula is C20H19N3O3S. The van der Waals surface area contributed by atoms with Crippen molar-refractivity contribution in [1.82, 2.24) is 4.98 Å². The third kappa shape index (κ3) is 3.54. The van der Waals surface area contributed by atoms with E-state index in [-0.39, 0.29) is 17.2 Å². The highest BCUT2D eigenvalue weighted by Gasteiger charge is 2.24. The SMILES string of the molecule is CCOC(=O)c1c(C)nc2sc(C(N)=O)c(N)c2c1/C=C/c1ccccc1. The van der Waals surface area contributed by atoms with Gasteiger partial charge in [0.1, 0.15) is 9.71 Å². The molecule has 0 fully saturated rings. The lowest BCUT2D eigenvalue weighted by atomic mass is 10.0. The highest BCUT2D eigenvalue weighted by atomic mass is 32.1. The third-order valence-corrected chi connectivity index (χ3v) is 5.16. The molecule has 0 spiro atoms. The summed E-state index contributed by atoms with van der Waals surface area (Å²) in [6.07, 6.45) is 3.67. The zero-order valence-corrected chi connectivity index (χ0v) is 15.8. The van der Waals surface area contributed by atoms with Gasteiger partial charge in [-0.25, -0.2) is 9.78 Å². The Balaban J connectivity index is 2.30. The van der Waals surface area contributed by atoms with Crippen LogP contribution in [0.1, 0.15) is 43.8 Å². The molecule has 0 aliphatic rings. The number of hydrogen-bond donors (Lipinski definition) is 2. The van der Waals surface area contributed by atoms with Crippen molar-refractivity contribution in [2.24, 2.45) is 5.73 Å². The molecule has 27 heavy (non-hydrogen) atoms. The van der Waals surface area contributed by atoms with Gasteiger partial charge in [0.2, 0.25) is 0 Å². The fourth-order valence-electron chi connectivity index (χ4n) is 2.85. The first-order valence-corrected chi connectivity index (χ1v) is 9.18. The number of pyridine rings is 1. The lowest BCUT2D eigenvalue weighted by molar-refractivity contribution is 0.0525. The van der Waals surface area contributed by atoms with Gasteiger partial charge in [-0.3, -0.25) is 4.79 Å². The summed E-state index contributed by atoms with van der Waals surface area (Å²) in [4.78, 5) is 29.5. The van der Waals surface area contributed by atoms with Crippen LogP contribution in [0.5, 0.6) is 0 Å². The summed E-state index contributed by atoms with van der Waals surface area (Å²) >= 11 is 1.12. The van der Waals surface area contributed by atoms with Crippen molar-refractivity contribution in [3.8, 4) is 0 Å². The lowest BCUT2D eigenvalue weighted by Gasteiger charge is -2.11. The summed E-state index contributed by atoms with van der Waals surface area (Å²) in [7, 11) is 0. The van der Waals surface area contributed by atoms with Gasteiger partial charge >= 0.3 is 5.97 Å². The van der Waals surface area contributed by atoms with Gasteiger partial charge in [0.05, 0.1) is 23.6 Å². The second-order valence-electron chi connectivity index (χ2n) is 5.84. The number of primary amides is 1. The van der Waals surface area contributed by atoms with Gasteiger partial charge in [0.15, 0.2) is 0 Å². The van der Waals surface area contributed by atoms with Crippen LogP contribution in [0.4, 0.5) is 5.69 Å². The number of nitrogens with zero attached hydrogens (tertiary/aromatic N) is 1. The Bertz CT molecular complexity index is 1060. The van der Waals surface area contributed by atoms with E-state index in [1.54, 1.807) is 19.9 Å². The summed E-state index contributed by atoms with van der Waals surface area (Å²) in [5.74, 6) is -1.10. The van der Waals surface area contributed by atoms with Gasteiger partial charge in [0.25, 0.3) is 5.91 Å². The quantitative estimate of drug-likeness (QED) is 0.656. The van der Waals surface area contributed by atoms with Crippen molar-refractivity contribution in [3.05, 3.63) is 57.6 Å². The number of nitrogens with two attached hydrogens (primary N) is 2. The number of anilines is 1. The smallest absolute Gasteiger partial charge is 0.340 e. The number of fused-ring (bicyclic) bond motifs is 1. The highest BCUT2D eigenvalue weighted by Crippen LogP contribution is 2.38. The van der Waals surface area contributed by atoms with E-state index in [1.165, 1.54) is 0 Å². The number of esters is 1. The minimum Gasteiger partial charge on any atom is -0.462 e. The maximum Gasteiger partial charge on any atom is 0.340 e. The normalized spacial score (nSPS) is 11.2. The van der Waals surface area contributed by atoms with E-state index < -0.39 is 11.9 Å². The van der Waals surface area contributed by atoms with Crippen molar-refractivity contribution in [2.45, 2.75) is 13.8 Å². The van der Waals surface area contributed by atoms with Crippen molar-refractivity contribution in [1.29, 1.82) is 0 Å². The number of ether oxygens (including phenoxy) is 1. The Morgan fingerprint density at radius 2 is 1.93 bits per heavy atom. The fourth-order valence-corrected chi connectivity index (χ4v) is 3.86. The van der Waals surface area contributed by atoms with E-state index in [1.807, 2.05) is 36.4 Å². The summed E-state index contributed by atoms with van der Waals surface area (Å²) in [6, 6.07) is 9.65. The Kier molecular flexibility index (Phi) is 5.23. The molecule has 0 saturated heterocycles. The van der Waals surface area contributed by atoms with Crippen molar-refractivity contribution < 1.29 is 14.3 Å². The Labute approximate surface area is 160 Å². The molecule has 3 rings (SSSR count). The molecule has 1 aromatic carbocycles. The Morgan fingerprint density at radius 1 is 1.22 bits per heavy atom. The van der Waals surface area contributed by atoms with E-state index in [0.29, 0.717) is 27.0 Å². The van der Waals surface area contributed by atoms with E-state index in [4.69, 9.17) is 16.2 Å². The highest BCUT2D eigenvalue weighted by molar-refractivity contribution is 7.21. The van der Waals surface area contributed by atoms with Crippen LogP contribution < -0.4 is 11.5 Å². The maximum atomic E-state index is 12.6. The van der Waals surface area contributed by atoms with Crippen LogP contribution in [-0.2, 0) is 4.74 Å². The number of aromatic nitrogens is 1. The van der Waals surface area contributed by atoms with Crippen molar-refractivity contribution >= 4 is 51.3 Å². The first kappa shape index (κ1) is 18.6. The molecule has 0 bridgehead atoms. The first-order chi connectivity index (χ1) is 12.9. The molecule has 138 valence electrons. The average Bonchev–Trinajstić information content (AvgIpc) is 2.97. The number of nitrogen functional groups attached to an aromatic ring is 1. The first-order valence-electron chi connectivity index (χ1n) is 8.36. The number of aryl methyl sites for hydroxylation is 1. The molecule has 6 nitrogen and oxygen atoms in total. The molecule has 7 heteroatoms. The molecule has 4 N–H and O–H groups in total. The van der Waals surface area contributed by atoms with Gasteiger partial charge in [0, 0.05) is 10.9 Å². The molecule has 0 atom stereocenters. The zero-order valence-electron chi connectivity index (χ0n) is 15.0. The van der Waals surface area contributed by atoms with Crippen LogP contribution in [0.2, 0.25) is 0 Å². The number of rotatable bonds is 5. The monoisotopic (exact) mass is 381 g/mol. The molecular weight excluding hydrogens is 362 g/mol. The molecule has 3 aromatic rings. The predicted octanol–water partition coefficient (Wildman–Crippen LogP) is 3.63. The fraction of sp³-hybridized carbons (Fsp3) is 0.150. The minimum atomic E-state index is -0.621. The van der Waals surface area contributed by atoms with Crippen LogP contribution in [0.25, 0.3) is 22.4 Å². The van der Waals surface area contributed by atoms with E-state index in [9.17, 15) is 9.59 Å². The van der Waals surface area contributed by atoms with Gasteiger partial charge in [-0.15, -0.1) is 11.3 Å². The average molecular weight is 381 g/mol. The summed E-state index contributed by atoms with van der Waals surface area (Å²) in [5, 5.41) is 0.537. The van der Waals surface area contributed by atoms with E-state index in [2.05, 4.69) is 4.98 Å². The molecule has 0 saturated carbocycles. The van der Waals surface area contributed by atoms with Crippen molar-refractivity contribution in [3.63, 3.8) is 0 Å². The Morgan fingerprint density at radius 3 is 2.56 bits per heavy atom. The number of benzene rings is 1. The largest absolute Gasteiger partial charge is 0.462 e. The molecule has 2 heterocycles. The number of thiophene rings is 1. The van der Waals surface area contributed by atoms with Crippen LogP contribution in [-0.4, -0.2) is 23.5 Å². The van der Waals surface area contributed by atoms with Crippen LogP contribution >= 0.6 is 11.3 Å². The molecule has 0 aliphatic heterocycles. The zero-order chi connectivity index (χ0) is 19.6. The van der Waals surface area contributed by atoms with Crippen LogP contribution in [0.3, 0.4) is 0 Å². The topological polar surface area (TPSA) is 108 Å². The van der Waals surface area contributed by atoms with Gasteiger partial charge in [-0.1, -0.05) is 42.5 Å². The van der Waals surface area contributed by atoms with Gasteiger partial charge in [-0.05, 0) is 19.4 Å². The standard InChI is InChI=1S/C20H19N3O3S/c1-3-26-20(25)14-11(2)23-19-15(16(21)17(27-19)18(22)24)13(14)10-9-12-7-5-4-6-8-12/h4-10H,3,21H2,1-2H3,(H2,22,24)/b10-9+. The van der Waals surface area contributed by atoms with Gasteiger partial charge < -0.3 is 16.2 Å². The van der Waals surface area contributed by atoms with Crippen molar-refractivity contribution in [2.75, 3.05) is 12.3 Å². The summed E-state index contributed by atoms with van der Waals surface area (Å²) in [6.45, 7) is 3.71. The second-order valence-corrected chi connectivity index (χ2v) is 6.84. The molecule has 1 amide bonds. The Hall–Kier alpha value is -3.19.